The molecule has 21 heavy (non-hydrogen) atoms. The van der Waals surface area contributed by atoms with Crippen molar-refractivity contribution in [2.45, 2.75) is 12.5 Å². The number of hydrogen-bond donors (Lipinski definition) is 2. The van der Waals surface area contributed by atoms with Gasteiger partial charge in [-0.1, -0.05) is 30.3 Å². The first-order valence-corrected chi connectivity index (χ1v) is 6.58. The van der Waals surface area contributed by atoms with Crippen molar-refractivity contribution in [1.82, 2.24) is 10.3 Å². The second-order valence-corrected chi connectivity index (χ2v) is 4.90. The molecule has 0 saturated heterocycles. The maximum absolute atomic E-state index is 12.3. The van der Waals surface area contributed by atoms with Crippen molar-refractivity contribution in [3.63, 3.8) is 0 Å². The minimum Gasteiger partial charge on any atom is -0.481 e. The van der Waals surface area contributed by atoms with Crippen LogP contribution in [0, 0.1) is 0 Å². The minimum atomic E-state index is -0.849. The first-order chi connectivity index (χ1) is 10.1. The second kappa shape index (κ2) is 6.37. The van der Waals surface area contributed by atoms with Gasteiger partial charge in [0.25, 0.3) is 5.91 Å². The molecule has 1 aromatic carbocycles. The van der Waals surface area contributed by atoms with Gasteiger partial charge >= 0.3 is 0 Å². The van der Waals surface area contributed by atoms with Crippen LogP contribution in [0.5, 0.6) is 5.88 Å². The van der Waals surface area contributed by atoms with Gasteiger partial charge in [0.15, 0.2) is 0 Å². The van der Waals surface area contributed by atoms with Crippen molar-refractivity contribution in [3.05, 3.63) is 59.8 Å². The van der Waals surface area contributed by atoms with Crippen molar-refractivity contribution in [2.24, 2.45) is 0 Å². The molecule has 2 rings (SSSR count). The van der Waals surface area contributed by atoms with Crippen LogP contribution in [0.3, 0.4) is 0 Å². The van der Waals surface area contributed by atoms with Gasteiger partial charge in [-0.3, -0.25) is 4.79 Å². The number of rotatable bonds is 5. The lowest BCUT2D eigenvalue weighted by molar-refractivity contribution is 0.0849. The fourth-order valence-electron chi connectivity index (χ4n) is 1.97. The third-order valence-electron chi connectivity index (χ3n) is 3.32. The van der Waals surface area contributed by atoms with Crippen molar-refractivity contribution in [3.8, 4) is 5.88 Å². The molecule has 0 bridgehead atoms. The van der Waals surface area contributed by atoms with E-state index in [1.807, 2.05) is 30.3 Å². The summed E-state index contributed by atoms with van der Waals surface area (Å²) in [5.41, 5.74) is 0.395. The van der Waals surface area contributed by atoms with Crippen molar-refractivity contribution >= 4 is 5.91 Å². The molecular weight excluding hydrogens is 268 g/mol. The van der Waals surface area contributed by atoms with Crippen LogP contribution in [0.25, 0.3) is 0 Å². The number of amides is 1. The lowest BCUT2D eigenvalue weighted by Crippen LogP contribution is -2.46. The summed E-state index contributed by atoms with van der Waals surface area (Å²) in [6, 6.07) is 12.6. The molecule has 0 aliphatic heterocycles. The quantitative estimate of drug-likeness (QED) is 0.878. The van der Waals surface area contributed by atoms with Gasteiger partial charge < -0.3 is 15.2 Å². The fraction of sp³-hybridized carbons (Fsp3) is 0.250. The molecule has 1 heterocycles. The van der Waals surface area contributed by atoms with Gasteiger partial charge in [0.2, 0.25) is 5.88 Å². The SMILES string of the molecule is COc1ccc(C(=O)NC(C)(CO)c2ccccc2)cn1. The van der Waals surface area contributed by atoms with E-state index >= 15 is 0 Å². The third-order valence-corrected chi connectivity index (χ3v) is 3.32. The zero-order valence-electron chi connectivity index (χ0n) is 12.0. The second-order valence-electron chi connectivity index (χ2n) is 4.90. The molecular formula is C16H18N2O3. The van der Waals surface area contributed by atoms with Gasteiger partial charge in [-0.05, 0) is 18.6 Å². The van der Waals surface area contributed by atoms with Crippen LogP contribution in [0.1, 0.15) is 22.8 Å². The lowest BCUT2D eigenvalue weighted by atomic mass is 9.92. The third kappa shape index (κ3) is 3.38. The number of methoxy groups -OCH3 is 1. The van der Waals surface area contributed by atoms with Crippen LogP contribution in [0.2, 0.25) is 0 Å². The molecule has 0 aliphatic carbocycles. The Kier molecular flexibility index (Phi) is 4.55. The average Bonchev–Trinajstić information content (AvgIpc) is 2.55. The predicted octanol–water partition coefficient (Wildman–Crippen LogP) is 1.73. The standard InChI is InChI=1S/C16H18N2O3/c1-16(11-19,13-6-4-3-5-7-13)18-15(20)12-8-9-14(21-2)17-10-12/h3-10,19H,11H2,1-2H3,(H,18,20). The molecule has 0 aliphatic rings. The molecule has 1 aromatic heterocycles. The smallest absolute Gasteiger partial charge is 0.253 e. The molecule has 1 atom stereocenters. The molecule has 0 radical (unpaired) electrons. The highest BCUT2D eigenvalue weighted by Crippen LogP contribution is 2.20. The summed E-state index contributed by atoms with van der Waals surface area (Å²) in [4.78, 5) is 16.3. The summed E-state index contributed by atoms with van der Waals surface area (Å²) in [6.07, 6.45) is 1.44. The summed E-state index contributed by atoms with van der Waals surface area (Å²) in [6.45, 7) is 1.57. The zero-order chi connectivity index (χ0) is 15.3. The largest absolute Gasteiger partial charge is 0.481 e. The van der Waals surface area contributed by atoms with Gasteiger partial charge in [-0.15, -0.1) is 0 Å². The highest BCUT2D eigenvalue weighted by Gasteiger charge is 2.28. The van der Waals surface area contributed by atoms with Crippen LogP contribution in [0.4, 0.5) is 0 Å². The highest BCUT2D eigenvalue weighted by atomic mass is 16.5. The Morgan fingerprint density at radius 1 is 1.29 bits per heavy atom. The summed E-state index contributed by atoms with van der Waals surface area (Å²) in [7, 11) is 1.51. The van der Waals surface area contributed by atoms with Gasteiger partial charge in [-0.2, -0.15) is 0 Å². The first kappa shape index (κ1) is 15.0. The first-order valence-electron chi connectivity index (χ1n) is 6.58. The molecule has 0 spiro atoms. The van der Waals surface area contributed by atoms with E-state index in [0.717, 1.165) is 5.56 Å². The maximum Gasteiger partial charge on any atom is 0.253 e. The number of benzene rings is 1. The van der Waals surface area contributed by atoms with Crippen LogP contribution in [-0.2, 0) is 5.54 Å². The number of aliphatic hydroxyl groups is 1. The average molecular weight is 286 g/mol. The molecule has 1 amide bonds. The number of aliphatic hydroxyl groups excluding tert-OH is 1. The number of nitrogens with zero attached hydrogens (tertiary/aromatic N) is 1. The molecule has 2 aromatic rings. The Morgan fingerprint density at radius 3 is 2.52 bits per heavy atom. The zero-order valence-corrected chi connectivity index (χ0v) is 12.0. The number of carbonyl (C=O) groups excluding carboxylic acids is 1. The van der Waals surface area contributed by atoms with Crippen molar-refractivity contribution < 1.29 is 14.6 Å². The lowest BCUT2D eigenvalue weighted by Gasteiger charge is -2.29. The number of hydrogen-bond acceptors (Lipinski definition) is 4. The van der Waals surface area contributed by atoms with Crippen LogP contribution in [0.15, 0.2) is 48.7 Å². The Balaban J connectivity index is 2.19. The Morgan fingerprint density at radius 2 is 2.00 bits per heavy atom. The highest BCUT2D eigenvalue weighted by molar-refractivity contribution is 5.94. The fourth-order valence-corrected chi connectivity index (χ4v) is 1.97. The summed E-state index contributed by atoms with van der Waals surface area (Å²) in [5, 5.41) is 12.5. The molecule has 1 unspecified atom stereocenters. The Hall–Kier alpha value is -2.40. The molecule has 0 saturated carbocycles. The molecule has 5 heteroatoms. The number of nitrogens with one attached hydrogen (secondary N) is 1. The van der Waals surface area contributed by atoms with E-state index in [4.69, 9.17) is 4.74 Å². The topological polar surface area (TPSA) is 71.5 Å². The number of ether oxygens (including phenoxy) is 1. The minimum absolute atomic E-state index is 0.202. The van der Waals surface area contributed by atoms with Gasteiger partial charge in [0.1, 0.15) is 0 Å². The van der Waals surface area contributed by atoms with E-state index in [-0.39, 0.29) is 12.5 Å². The Labute approximate surface area is 123 Å². The van der Waals surface area contributed by atoms with Crippen LogP contribution >= 0.6 is 0 Å². The number of pyridine rings is 1. The summed E-state index contributed by atoms with van der Waals surface area (Å²) in [5.74, 6) is 0.144. The number of aromatic nitrogens is 1. The predicted molar refractivity (Wildman–Crippen MR) is 79.1 cm³/mol. The van der Waals surface area contributed by atoms with Gasteiger partial charge in [0.05, 0.1) is 24.8 Å². The summed E-state index contributed by atoms with van der Waals surface area (Å²) < 4.78 is 4.96. The van der Waals surface area contributed by atoms with E-state index in [2.05, 4.69) is 10.3 Å². The normalized spacial score (nSPS) is 13.3. The maximum atomic E-state index is 12.3. The molecule has 5 nitrogen and oxygen atoms in total. The van der Waals surface area contributed by atoms with Crippen LogP contribution in [-0.4, -0.2) is 29.7 Å². The summed E-state index contributed by atoms with van der Waals surface area (Å²) >= 11 is 0. The molecule has 0 fully saturated rings. The van der Waals surface area contributed by atoms with Gasteiger partial charge in [0, 0.05) is 12.3 Å². The van der Waals surface area contributed by atoms with Crippen molar-refractivity contribution in [2.75, 3.05) is 13.7 Å². The van der Waals surface area contributed by atoms with E-state index < -0.39 is 5.54 Å². The monoisotopic (exact) mass is 286 g/mol. The van der Waals surface area contributed by atoms with E-state index in [0.29, 0.717) is 11.4 Å². The Bertz CT molecular complexity index is 599. The van der Waals surface area contributed by atoms with E-state index in [9.17, 15) is 9.90 Å². The van der Waals surface area contributed by atoms with Crippen molar-refractivity contribution in [1.29, 1.82) is 0 Å². The molecule has 110 valence electrons. The number of carbonyl (C=O) groups is 1. The molecule has 2 N–H and O–H groups in total. The van der Waals surface area contributed by atoms with E-state index in [1.54, 1.807) is 19.1 Å². The van der Waals surface area contributed by atoms with Crippen LogP contribution < -0.4 is 10.1 Å². The van der Waals surface area contributed by atoms with Gasteiger partial charge in [-0.25, -0.2) is 4.98 Å². The van der Waals surface area contributed by atoms with E-state index in [1.165, 1.54) is 13.3 Å².